The highest BCUT2D eigenvalue weighted by atomic mass is 79.9. The van der Waals surface area contributed by atoms with Crippen LogP contribution in [0.3, 0.4) is 0 Å². The largest absolute Gasteiger partial charge is 0.507 e. The van der Waals surface area contributed by atoms with Gasteiger partial charge in [0.2, 0.25) is 0 Å². The van der Waals surface area contributed by atoms with Crippen LogP contribution in [0.25, 0.3) is 22.5 Å². The average molecular weight is 414 g/mol. The van der Waals surface area contributed by atoms with Gasteiger partial charge in [-0.2, -0.15) is 13.2 Å². The molecule has 8 heteroatoms. The van der Waals surface area contributed by atoms with E-state index >= 15 is 0 Å². The normalized spacial score (nSPS) is 11.6. The van der Waals surface area contributed by atoms with Gasteiger partial charge in [0.15, 0.2) is 11.5 Å². The summed E-state index contributed by atoms with van der Waals surface area (Å²) in [5, 5.41) is 13.3. The van der Waals surface area contributed by atoms with Gasteiger partial charge in [0.05, 0.1) is 18.2 Å². The zero-order chi connectivity index (χ0) is 18.2. The van der Waals surface area contributed by atoms with Crippen molar-refractivity contribution < 1.29 is 27.5 Å². The number of alkyl halides is 3. The number of phenols is 1. The Bertz CT molecular complexity index is 904. The van der Waals surface area contributed by atoms with Crippen LogP contribution in [0.1, 0.15) is 5.69 Å². The van der Waals surface area contributed by atoms with Crippen LogP contribution in [-0.4, -0.2) is 17.4 Å². The molecule has 4 nitrogen and oxygen atoms in total. The van der Waals surface area contributed by atoms with Crippen molar-refractivity contribution in [3.63, 3.8) is 0 Å². The number of aromatic nitrogens is 1. The number of methoxy groups -OCH3 is 1. The Hall–Kier alpha value is -2.48. The summed E-state index contributed by atoms with van der Waals surface area (Å²) in [5.41, 5.74) is -1.04. The number of hydrogen-bond donors (Lipinski definition) is 1. The van der Waals surface area contributed by atoms with E-state index in [0.717, 1.165) is 4.47 Å². The van der Waals surface area contributed by atoms with Gasteiger partial charge in [-0.25, -0.2) is 0 Å². The molecule has 0 atom stereocenters. The first kappa shape index (κ1) is 17.3. The number of halogens is 4. The smallest absolute Gasteiger partial charge is 0.437 e. The molecule has 25 heavy (non-hydrogen) atoms. The Kier molecular flexibility index (Phi) is 4.47. The van der Waals surface area contributed by atoms with E-state index < -0.39 is 11.9 Å². The molecule has 1 heterocycles. The second-order valence-corrected chi connectivity index (χ2v) is 6.04. The summed E-state index contributed by atoms with van der Waals surface area (Å²) in [7, 11) is 1.41. The third kappa shape index (κ3) is 3.34. The SMILES string of the molecule is COc1ccc(-c2onc(C(F)(F)F)c2-c2ccc(Br)cc2)c(O)c1. The van der Waals surface area contributed by atoms with Crippen molar-refractivity contribution in [3.05, 3.63) is 52.6 Å². The highest BCUT2D eigenvalue weighted by Crippen LogP contribution is 2.45. The topological polar surface area (TPSA) is 55.5 Å². The van der Waals surface area contributed by atoms with Crippen LogP contribution < -0.4 is 4.74 Å². The molecule has 3 aromatic rings. The first-order valence-corrected chi connectivity index (χ1v) is 7.80. The molecule has 1 N–H and O–H groups in total. The zero-order valence-corrected chi connectivity index (χ0v) is 14.4. The second-order valence-electron chi connectivity index (χ2n) is 5.12. The Balaban J connectivity index is 2.24. The zero-order valence-electron chi connectivity index (χ0n) is 12.8. The maximum atomic E-state index is 13.3. The number of phenolic OH excluding ortho intramolecular Hbond substituents is 1. The van der Waals surface area contributed by atoms with Crippen LogP contribution in [0, 0.1) is 0 Å². The lowest BCUT2D eigenvalue weighted by Crippen LogP contribution is -2.07. The van der Waals surface area contributed by atoms with Crippen molar-refractivity contribution in [2.45, 2.75) is 6.18 Å². The van der Waals surface area contributed by atoms with Gasteiger partial charge >= 0.3 is 6.18 Å². The molecule has 0 unspecified atom stereocenters. The quantitative estimate of drug-likeness (QED) is 0.615. The number of hydrogen-bond acceptors (Lipinski definition) is 4. The van der Waals surface area contributed by atoms with Crippen LogP contribution in [-0.2, 0) is 6.18 Å². The summed E-state index contributed by atoms with van der Waals surface area (Å²) in [4.78, 5) is 0. The summed E-state index contributed by atoms with van der Waals surface area (Å²) < 4.78 is 50.7. The van der Waals surface area contributed by atoms with Crippen LogP contribution in [0.4, 0.5) is 13.2 Å². The van der Waals surface area contributed by atoms with E-state index in [1.54, 1.807) is 12.1 Å². The van der Waals surface area contributed by atoms with E-state index in [2.05, 4.69) is 21.1 Å². The van der Waals surface area contributed by atoms with Gasteiger partial charge in [-0.1, -0.05) is 33.2 Å². The number of nitrogens with zero attached hydrogens (tertiary/aromatic N) is 1. The van der Waals surface area contributed by atoms with Crippen LogP contribution in [0.2, 0.25) is 0 Å². The van der Waals surface area contributed by atoms with Gasteiger partial charge in [0.1, 0.15) is 11.5 Å². The predicted molar refractivity (Wildman–Crippen MR) is 88.3 cm³/mol. The Morgan fingerprint density at radius 2 is 1.80 bits per heavy atom. The van der Waals surface area contributed by atoms with Crippen molar-refractivity contribution in [3.8, 4) is 33.9 Å². The maximum Gasteiger partial charge on any atom is 0.437 e. The minimum absolute atomic E-state index is 0.0849. The predicted octanol–water partition coefficient (Wildman–Crippen LogP) is 5.50. The lowest BCUT2D eigenvalue weighted by atomic mass is 9.98. The summed E-state index contributed by atoms with van der Waals surface area (Å²) in [6, 6.07) is 10.5. The third-order valence-electron chi connectivity index (χ3n) is 3.54. The molecule has 0 spiro atoms. The molecule has 0 radical (unpaired) electrons. The van der Waals surface area contributed by atoms with Gasteiger partial charge in [-0.3, -0.25) is 0 Å². The van der Waals surface area contributed by atoms with Crippen LogP contribution in [0.15, 0.2) is 51.5 Å². The van der Waals surface area contributed by atoms with E-state index in [1.165, 1.54) is 37.4 Å². The fourth-order valence-electron chi connectivity index (χ4n) is 2.38. The molecule has 3 rings (SSSR count). The Labute approximate surface area is 149 Å². The fraction of sp³-hybridized carbons (Fsp3) is 0.118. The van der Waals surface area contributed by atoms with Gasteiger partial charge in [0, 0.05) is 10.5 Å². The van der Waals surface area contributed by atoms with E-state index in [9.17, 15) is 18.3 Å². The Morgan fingerprint density at radius 1 is 1.12 bits per heavy atom. The molecule has 0 aliphatic carbocycles. The number of aromatic hydroxyl groups is 1. The molecule has 0 aliphatic heterocycles. The van der Waals surface area contributed by atoms with Crippen molar-refractivity contribution >= 4 is 15.9 Å². The van der Waals surface area contributed by atoms with Gasteiger partial charge < -0.3 is 14.4 Å². The third-order valence-corrected chi connectivity index (χ3v) is 4.07. The van der Waals surface area contributed by atoms with E-state index in [1.807, 2.05) is 0 Å². The molecule has 1 aromatic heterocycles. The molecule has 0 bridgehead atoms. The summed E-state index contributed by atoms with van der Waals surface area (Å²) in [5.74, 6) is -0.0839. The average Bonchev–Trinajstić information content (AvgIpc) is 3.00. The standard InChI is InChI=1S/C17H11BrF3NO3/c1-24-11-6-7-12(13(23)8-11)15-14(9-2-4-10(18)5-3-9)16(22-25-15)17(19,20)21/h2-8,23H,1H3. The molecule has 0 amide bonds. The molecular formula is C17H11BrF3NO3. The van der Waals surface area contributed by atoms with Gasteiger partial charge in [-0.05, 0) is 29.8 Å². The summed E-state index contributed by atoms with van der Waals surface area (Å²) in [6.07, 6.45) is -4.70. The molecule has 2 aromatic carbocycles. The Morgan fingerprint density at radius 3 is 2.36 bits per heavy atom. The molecule has 0 aliphatic rings. The molecule has 0 saturated heterocycles. The van der Waals surface area contributed by atoms with Crippen molar-refractivity contribution in [2.75, 3.05) is 7.11 Å². The number of ether oxygens (including phenoxy) is 1. The molecule has 0 fully saturated rings. The number of rotatable bonds is 3. The molecular weight excluding hydrogens is 403 g/mol. The highest BCUT2D eigenvalue weighted by Gasteiger charge is 2.40. The summed E-state index contributed by atoms with van der Waals surface area (Å²) >= 11 is 3.24. The minimum atomic E-state index is -4.70. The van der Waals surface area contributed by atoms with E-state index in [4.69, 9.17) is 9.26 Å². The van der Waals surface area contributed by atoms with E-state index in [-0.39, 0.29) is 28.2 Å². The first-order chi connectivity index (χ1) is 11.8. The van der Waals surface area contributed by atoms with E-state index in [0.29, 0.717) is 5.75 Å². The minimum Gasteiger partial charge on any atom is -0.507 e. The van der Waals surface area contributed by atoms with Crippen LogP contribution >= 0.6 is 15.9 Å². The maximum absolute atomic E-state index is 13.3. The lowest BCUT2D eigenvalue weighted by molar-refractivity contribution is -0.142. The first-order valence-electron chi connectivity index (χ1n) is 7.01. The summed E-state index contributed by atoms with van der Waals surface area (Å²) in [6.45, 7) is 0. The monoisotopic (exact) mass is 413 g/mol. The second kappa shape index (κ2) is 6.44. The van der Waals surface area contributed by atoms with Crippen molar-refractivity contribution in [1.82, 2.24) is 5.16 Å². The van der Waals surface area contributed by atoms with Crippen LogP contribution in [0.5, 0.6) is 11.5 Å². The van der Waals surface area contributed by atoms with Crippen molar-refractivity contribution in [1.29, 1.82) is 0 Å². The van der Waals surface area contributed by atoms with Crippen molar-refractivity contribution in [2.24, 2.45) is 0 Å². The molecule has 130 valence electrons. The fourth-order valence-corrected chi connectivity index (χ4v) is 2.65. The lowest BCUT2D eigenvalue weighted by Gasteiger charge is -2.09. The van der Waals surface area contributed by atoms with Gasteiger partial charge in [0.25, 0.3) is 0 Å². The number of benzene rings is 2. The highest BCUT2D eigenvalue weighted by molar-refractivity contribution is 9.10. The molecule has 0 saturated carbocycles. The van der Waals surface area contributed by atoms with Gasteiger partial charge in [-0.15, -0.1) is 0 Å².